The summed E-state index contributed by atoms with van der Waals surface area (Å²) in [4.78, 5) is 4.78. The highest BCUT2D eigenvalue weighted by molar-refractivity contribution is 5.21. The Labute approximate surface area is 149 Å². The zero-order chi connectivity index (χ0) is 18.3. The third kappa shape index (κ3) is 4.41. The van der Waals surface area contributed by atoms with Crippen molar-refractivity contribution in [1.82, 2.24) is 9.80 Å². The van der Waals surface area contributed by atoms with Gasteiger partial charge in [0.15, 0.2) is 0 Å². The average molecular weight is 339 g/mol. The lowest BCUT2D eigenvalue weighted by atomic mass is 9.92. The topological polar surface area (TPSA) is 24.9 Å². The Morgan fingerprint density at radius 3 is 2.33 bits per heavy atom. The van der Waals surface area contributed by atoms with Crippen molar-refractivity contribution in [2.24, 2.45) is 5.92 Å². The predicted molar refractivity (Wildman–Crippen MR) is 102 cm³/mol. The van der Waals surface area contributed by atoms with E-state index in [9.17, 15) is 0 Å². The number of rotatable bonds is 9. The summed E-state index contributed by atoms with van der Waals surface area (Å²) in [5, 5.41) is 0. The normalized spacial score (nSPS) is 22.3. The summed E-state index contributed by atoms with van der Waals surface area (Å²) in [6.07, 6.45) is 4.02. The Morgan fingerprint density at radius 2 is 1.92 bits per heavy atom. The largest absolute Gasteiger partial charge is 0.379 e. The second kappa shape index (κ2) is 9.59. The number of methoxy groups -OCH3 is 1. The first-order chi connectivity index (χ1) is 11.4. The molecule has 0 amide bonds. The molecule has 4 nitrogen and oxygen atoms in total. The van der Waals surface area contributed by atoms with Gasteiger partial charge in [-0.15, -0.1) is 0 Å². The van der Waals surface area contributed by atoms with Crippen LogP contribution in [0.5, 0.6) is 0 Å². The summed E-state index contributed by atoms with van der Waals surface area (Å²) in [6, 6.07) is 0.311. The van der Waals surface area contributed by atoms with Crippen molar-refractivity contribution in [2.75, 3.05) is 33.4 Å². The van der Waals surface area contributed by atoms with Crippen LogP contribution in [0.2, 0.25) is 0 Å². The summed E-state index contributed by atoms with van der Waals surface area (Å²) in [6.45, 7) is 21.1. The van der Waals surface area contributed by atoms with E-state index in [4.69, 9.17) is 9.47 Å². The van der Waals surface area contributed by atoms with Crippen LogP contribution in [-0.4, -0.2) is 55.0 Å². The number of ether oxygens (including phenoxy) is 2. The molecule has 0 spiro atoms. The zero-order valence-electron chi connectivity index (χ0n) is 16.9. The van der Waals surface area contributed by atoms with Gasteiger partial charge in [-0.3, -0.25) is 4.90 Å². The van der Waals surface area contributed by atoms with Crippen molar-refractivity contribution in [1.29, 1.82) is 0 Å². The molecule has 3 atom stereocenters. The Balaban J connectivity index is 3.28. The van der Waals surface area contributed by atoms with E-state index in [-0.39, 0.29) is 0 Å². The number of allylic oxidation sites excluding steroid dienone is 1. The van der Waals surface area contributed by atoms with Gasteiger partial charge in [-0.2, -0.15) is 0 Å². The van der Waals surface area contributed by atoms with E-state index in [1.54, 1.807) is 7.11 Å². The summed E-state index contributed by atoms with van der Waals surface area (Å²) in [5.41, 5.74) is 2.31. The van der Waals surface area contributed by atoms with E-state index < -0.39 is 5.72 Å². The summed E-state index contributed by atoms with van der Waals surface area (Å²) in [5.74, 6) is 0.386. The van der Waals surface area contributed by atoms with Crippen molar-refractivity contribution in [3.05, 3.63) is 24.0 Å². The lowest BCUT2D eigenvalue weighted by molar-refractivity contribution is -0.129. The molecule has 1 aliphatic heterocycles. The van der Waals surface area contributed by atoms with Crippen molar-refractivity contribution in [3.8, 4) is 0 Å². The molecule has 140 valence electrons. The highest BCUT2D eigenvalue weighted by atomic mass is 16.5. The molecule has 0 saturated carbocycles. The maximum atomic E-state index is 6.03. The van der Waals surface area contributed by atoms with Crippen LogP contribution < -0.4 is 0 Å². The molecule has 1 rings (SSSR count). The minimum absolute atomic E-state index is 0.311. The van der Waals surface area contributed by atoms with Gasteiger partial charge >= 0.3 is 0 Å². The molecule has 2 unspecified atom stereocenters. The molecule has 1 fully saturated rings. The van der Waals surface area contributed by atoms with Gasteiger partial charge in [-0.25, -0.2) is 0 Å². The second-order valence-corrected chi connectivity index (χ2v) is 6.96. The van der Waals surface area contributed by atoms with Gasteiger partial charge in [0, 0.05) is 37.9 Å². The minimum Gasteiger partial charge on any atom is -0.379 e. The van der Waals surface area contributed by atoms with Crippen LogP contribution in [0.4, 0.5) is 0 Å². The Morgan fingerprint density at radius 1 is 1.33 bits per heavy atom. The van der Waals surface area contributed by atoms with E-state index in [2.05, 4.69) is 57.9 Å². The first-order valence-electron chi connectivity index (χ1n) is 9.35. The minimum atomic E-state index is -0.400. The summed E-state index contributed by atoms with van der Waals surface area (Å²) >= 11 is 0. The monoisotopic (exact) mass is 338 g/mol. The van der Waals surface area contributed by atoms with Crippen LogP contribution in [0, 0.1) is 5.92 Å². The predicted octanol–water partition coefficient (Wildman–Crippen LogP) is 4.25. The molecule has 0 N–H and O–H groups in total. The van der Waals surface area contributed by atoms with Crippen LogP contribution in [0.25, 0.3) is 0 Å². The molecule has 0 radical (unpaired) electrons. The number of nitrogens with zero attached hydrogens (tertiary/aromatic N) is 2. The van der Waals surface area contributed by atoms with E-state index in [0.717, 1.165) is 39.1 Å². The third-order valence-corrected chi connectivity index (χ3v) is 5.82. The SMILES string of the molecule is C=CN(/C(=C(/C)CC)C(C)N1CCOCC1)C(C)(OC)[C@@H](C)CC. The maximum absolute atomic E-state index is 6.03. The molecular formula is C20H38N2O2. The quantitative estimate of drug-likeness (QED) is 0.587. The van der Waals surface area contributed by atoms with Crippen molar-refractivity contribution >= 4 is 0 Å². The molecule has 0 aromatic carbocycles. The van der Waals surface area contributed by atoms with Gasteiger partial charge in [0.2, 0.25) is 0 Å². The fraction of sp³-hybridized carbons (Fsp3) is 0.800. The average Bonchev–Trinajstić information content (AvgIpc) is 2.64. The molecule has 24 heavy (non-hydrogen) atoms. The third-order valence-electron chi connectivity index (χ3n) is 5.82. The molecular weight excluding hydrogens is 300 g/mol. The molecule has 1 aliphatic rings. The number of morpholine rings is 1. The Kier molecular flexibility index (Phi) is 8.48. The number of hydrogen-bond donors (Lipinski definition) is 0. The lowest BCUT2D eigenvalue weighted by Gasteiger charge is -2.48. The first kappa shape index (κ1) is 21.2. The standard InChI is InChI=1S/C20H38N2O2/c1-9-16(4)19(18(6)21-12-14-24-15-13-21)22(11-3)20(7,23-8)17(5)10-2/h11,17-18H,3,9-10,12-15H2,1-2,4-8H3/b19-16-/t17-,18?,20?/m0/s1. The molecule has 0 aromatic heterocycles. The van der Waals surface area contributed by atoms with Crippen molar-refractivity contribution in [2.45, 2.75) is 66.2 Å². The lowest BCUT2D eigenvalue weighted by Crippen LogP contribution is -2.54. The van der Waals surface area contributed by atoms with Crippen LogP contribution >= 0.6 is 0 Å². The number of hydrogen-bond acceptors (Lipinski definition) is 4. The molecule has 1 saturated heterocycles. The van der Waals surface area contributed by atoms with Crippen molar-refractivity contribution < 1.29 is 9.47 Å². The zero-order valence-corrected chi connectivity index (χ0v) is 16.9. The highest BCUT2D eigenvalue weighted by Gasteiger charge is 2.39. The molecule has 1 heterocycles. The molecule has 0 aliphatic carbocycles. The van der Waals surface area contributed by atoms with Gasteiger partial charge in [0.25, 0.3) is 0 Å². The summed E-state index contributed by atoms with van der Waals surface area (Å²) in [7, 11) is 1.81. The van der Waals surface area contributed by atoms with Crippen LogP contribution in [0.1, 0.15) is 54.4 Å². The smallest absolute Gasteiger partial charge is 0.143 e. The fourth-order valence-electron chi connectivity index (χ4n) is 3.52. The fourth-order valence-corrected chi connectivity index (χ4v) is 3.52. The van der Waals surface area contributed by atoms with Gasteiger partial charge in [-0.1, -0.05) is 32.9 Å². The molecule has 4 heteroatoms. The van der Waals surface area contributed by atoms with Gasteiger partial charge in [-0.05, 0) is 39.8 Å². The van der Waals surface area contributed by atoms with Crippen molar-refractivity contribution in [3.63, 3.8) is 0 Å². The van der Waals surface area contributed by atoms with E-state index >= 15 is 0 Å². The highest BCUT2D eigenvalue weighted by Crippen LogP contribution is 2.35. The van der Waals surface area contributed by atoms with Crippen LogP contribution in [0.3, 0.4) is 0 Å². The maximum Gasteiger partial charge on any atom is 0.143 e. The molecule has 0 bridgehead atoms. The first-order valence-corrected chi connectivity index (χ1v) is 9.35. The summed E-state index contributed by atoms with van der Waals surface area (Å²) < 4.78 is 11.6. The van der Waals surface area contributed by atoms with Crippen LogP contribution in [0.15, 0.2) is 24.0 Å². The van der Waals surface area contributed by atoms with Gasteiger partial charge in [0.05, 0.1) is 13.2 Å². The second-order valence-electron chi connectivity index (χ2n) is 6.96. The van der Waals surface area contributed by atoms with E-state index in [1.807, 2.05) is 6.20 Å². The van der Waals surface area contributed by atoms with Crippen LogP contribution in [-0.2, 0) is 9.47 Å². The van der Waals surface area contributed by atoms with Gasteiger partial charge in [0.1, 0.15) is 5.72 Å². The molecule has 0 aromatic rings. The van der Waals surface area contributed by atoms with E-state index in [1.165, 1.54) is 11.3 Å². The van der Waals surface area contributed by atoms with Gasteiger partial charge < -0.3 is 14.4 Å². The van der Waals surface area contributed by atoms with E-state index in [0.29, 0.717) is 12.0 Å². The Hall–Kier alpha value is -0.840. The Bertz CT molecular complexity index is 429.